The Morgan fingerprint density at radius 1 is 1.44 bits per heavy atom. The molecule has 1 saturated carbocycles. The zero-order valence-corrected chi connectivity index (χ0v) is 15.7. The maximum Gasteiger partial charge on any atom is 0.330 e. The number of carbonyl (C=O) groups excluding carboxylic acids is 2. The number of amides is 2. The number of nitrogens with zero attached hydrogens (tertiary/aromatic N) is 1. The number of nitrogens with one attached hydrogen (secondary N) is 1. The van der Waals surface area contributed by atoms with Crippen molar-refractivity contribution in [3.63, 3.8) is 0 Å². The number of aliphatic carboxylic acids is 1. The highest BCUT2D eigenvalue weighted by molar-refractivity contribution is 7.12. The van der Waals surface area contributed by atoms with Crippen LogP contribution in [0.5, 0.6) is 0 Å². The number of ether oxygens (including phenoxy) is 1. The highest BCUT2D eigenvalue weighted by atomic mass is 32.1. The first kappa shape index (κ1) is 19.4. The molecule has 2 atom stereocenters. The van der Waals surface area contributed by atoms with E-state index in [4.69, 9.17) is 4.74 Å². The molecule has 138 valence electrons. The molecule has 0 bridgehead atoms. The summed E-state index contributed by atoms with van der Waals surface area (Å²) < 4.78 is 5.57. The van der Waals surface area contributed by atoms with Crippen LogP contribution < -0.4 is 5.32 Å². The van der Waals surface area contributed by atoms with E-state index in [0.29, 0.717) is 11.5 Å². The van der Waals surface area contributed by atoms with Crippen molar-refractivity contribution in [2.75, 3.05) is 20.2 Å². The van der Waals surface area contributed by atoms with Crippen molar-refractivity contribution in [2.45, 2.75) is 38.8 Å². The maximum atomic E-state index is 12.4. The summed E-state index contributed by atoms with van der Waals surface area (Å²) in [7, 11) is 1.52. The molecule has 2 amide bonds. The van der Waals surface area contributed by atoms with Crippen LogP contribution in [0.15, 0.2) is 17.5 Å². The van der Waals surface area contributed by atoms with Crippen molar-refractivity contribution in [3.8, 4) is 0 Å². The van der Waals surface area contributed by atoms with Gasteiger partial charge in [0.25, 0.3) is 5.91 Å². The van der Waals surface area contributed by atoms with Crippen LogP contribution in [0.25, 0.3) is 0 Å². The van der Waals surface area contributed by atoms with E-state index in [2.05, 4.69) is 5.32 Å². The van der Waals surface area contributed by atoms with Gasteiger partial charge in [-0.15, -0.1) is 11.3 Å². The largest absolute Gasteiger partial charge is 0.479 e. The van der Waals surface area contributed by atoms with Crippen molar-refractivity contribution in [1.82, 2.24) is 10.2 Å². The Morgan fingerprint density at radius 3 is 2.60 bits per heavy atom. The summed E-state index contributed by atoms with van der Waals surface area (Å²) in [4.78, 5) is 38.3. The fourth-order valence-corrected chi connectivity index (χ4v) is 3.91. The minimum atomic E-state index is -1.39. The summed E-state index contributed by atoms with van der Waals surface area (Å²) in [5, 5.41) is 14.1. The average Bonchev–Trinajstić information content (AvgIpc) is 3.06. The Bertz CT molecular complexity index is 658. The summed E-state index contributed by atoms with van der Waals surface area (Å²) in [5.74, 6) is -1.86. The topological polar surface area (TPSA) is 95.9 Å². The second-order valence-corrected chi connectivity index (χ2v) is 7.71. The number of carboxylic acid groups (broad SMARTS) is 1. The van der Waals surface area contributed by atoms with Crippen LogP contribution in [0.3, 0.4) is 0 Å². The summed E-state index contributed by atoms with van der Waals surface area (Å²) in [6.07, 6.45) is -0.0308. The lowest BCUT2D eigenvalue weighted by molar-refractivity contribution is -0.194. The van der Waals surface area contributed by atoms with Gasteiger partial charge in [0.1, 0.15) is 5.54 Å². The molecule has 2 unspecified atom stereocenters. The number of hydrogen-bond acceptors (Lipinski definition) is 5. The van der Waals surface area contributed by atoms with Gasteiger partial charge in [-0.2, -0.15) is 0 Å². The van der Waals surface area contributed by atoms with E-state index in [1.54, 1.807) is 31.4 Å². The molecule has 1 fully saturated rings. The van der Waals surface area contributed by atoms with Crippen molar-refractivity contribution in [3.05, 3.63) is 22.4 Å². The van der Waals surface area contributed by atoms with Gasteiger partial charge < -0.3 is 20.1 Å². The van der Waals surface area contributed by atoms with Gasteiger partial charge in [-0.3, -0.25) is 9.59 Å². The average molecular weight is 368 g/mol. The first-order valence-corrected chi connectivity index (χ1v) is 8.98. The summed E-state index contributed by atoms with van der Waals surface area (Å²) in [6.45, 7) is 5.66. The fraction of sp³-hybridized carbons (Fsp3) is 0.588. The molecule has 0 aliphatic heterocycles. The molecule has 0 aromatic carbocycles. The SMILES string of the molecule is CCOC1CC(NC(=O)CN(C)C(=O)c2cccs2)(C(=O)O)C1(C)C. The summed E-state index contributed by atoms with van der Waals surface area (Å²) in [5.41, 5.74) is -2.14. The van der Waals surface area contributed by atoms with E-state index in [-0.39, 0.29) is 25.0 Å². The minimum Gasteiger partial charge on any atom is -0.479 e. The molecule has 0 radical (unpaired) electrons. The van der Waals surface area contributed by atoms with Crippen LogP contribution in [0.2, 0.25) is 0 Å². The number of rotatable bonds is 7. The highest BCUT2D eigenvalue weighted by Crippen LogP contribution is 2.51. The summed E-state index contributed by atoms with van der Waals surface area (Å²) in [6, 6.07) is 3.44. The van der Waals surface area contributed by atoms with Crippen molar-refractivity contribution >= 4 is 29.1 Å². The van der Waals surface area contributed by atoms with Gasteiger partial charge in [-0.05, 0) is 18.4 Å². The van der Waals surface area contributed by atoms with Crippen LogP contribution >= 0.6 is 11.3 Å². The molecule has 7 nitrogen and oxygen atoms in total. The Labute approximate surface area is 151 Å². The molecule has 8 heteroatoms. The van der Waals surface area contributed by atoms with Gasteiger partial charge in [0, 0.05) is 25.5 Å². The third kappa shape index (κ3) is 3.41. The van der Waals surface area contributed by atoms with E-state index in [1.807, 2.05) is 6.92 Å². The van der Waals surface area contributed by atoms with Crippen LogP contribution in [-0.4, -0.2) is 59.6 Å². The van der Waals surface area contributed by atoms with E-state index in [0.717, 1.165) is 0 Å². The molecular weight excluding hydrogens is 344 g/mol. The Hall–Kier alpha value is -1.93. The first-order chi connectivity index (χ1) is 11.7. The smallest absolute Gasteiger partial charge is 0.330 e. The highest BCUT2D eigenvalue weighted by Gasteiger charge is 2.66. The molecule has 2 rings (SSSR count). The van der Waals surface area contributed by atoms with Crippen molar-refractivity contribution in [2.24, 2.45) is 5.41 Å². The standard InChI is InChI=1S/C17H24N2O5S/c1-5-24-12-9-17(15(22)23,16(12,2)3)18-13(20)10-19(4)14(21)11-7-6-8-25-11/h6-8,12H,5,9-10H2,1-4H3,(H,18,20)(H,22,23). The number of hydrogen-bond donors (Lipinski definition) is 2. The minimum absolute atomic E-state index is 0.206. The lowest BCUT2D eigenvalue weighted by Crippen LogP contribution is -2.76. The molecule has 1 heterocycles. The van der Waals surface area contributed by atoms with E-state index >= 15 is 0 Å². The molecule has 0 spiro atoms. The number of carbonyl (C=O) groups is 3. The lowest BCUT2D eigenvalue weighted by atomic mass is 9.54. The van der Waals surface area contributed by atoms with Crippen molar-refractivity contribution < 1.29 is 24.2 Å². The van der Waals surface area contributed by atoms with Crippen LogP contribution in [0.4, 0.5) is 0 Å². The second kappa shape index (κ2) is 7.13. The third-order valence-corrected chi connectivity index (χ3v) is 5.80. The van der Waals surface area contributed by atoms with Gasteiger partial charge >= 0.3 is 5.97 Å². The van der Waals surface area contributed by atoms with Gasteiger partial charge in [0.15, 0.2) is 0 Å². The van der Waals surface area contributed by atoms with E-state index < -0.39 is 22.8 Å². The van der Waals surface area contributed by atoms with E-state index in [9.17, 15) is 19.5 Å². The van der Waals surface area contributed by atoms with Crippen molar-refractivity contribution in [1.29, 1.82) is 0 Å². The fourth-order valence-electron chi connectivity index (χ4n) is 3.19. The molecule has 1 aromatic heterocycles. The lowest BCUT2D eigenvalue weighted by Gasteiger charge is -2.58. The predicted octanol–water partition coefficient (Wildman–Crippen LogP) is 1.59. The van der Waals surface area contributed by atoms with Crippen LogP contribution in [0.1, 0.15) is 36.9 Å². The molecule has 2 N–H and O–H groups in total. The maximum absolute atomic E-state index is 12.4. The van der Waals surface area contributed by atoms with Crippen LogP contribution in [-0.2, 0) is 14.3 Å². The zero-order valence-electron chi connectivity index (χ0n) is 14.9. The number of thiophene rings is 1. The first-order valence-electron chi connectivity index (χ1n) is 8.10. The third-order valence-electron chi connectivity index (χ3n) is 4.94. The van der Waals surface area contributed by atoms with Gasteiger partial charge in [-0.25, -0.2) is 4.79 Å². The molecule has 1 aliphatic carbocycles. The quantitative estimate of drug-likeness (QED) is 0.762. The zero-order chi connectivity index (χ0) is 18.8. The van der Waals surface area contributed by atoms with Gasteiger partial charge in [0.05, 0.1) is 17.5 Å². The molecule has 0 saturated heterocycles. The molecular formula is C17H24N2O5S. The van der Waals surface area contributed by atoms with Gasteiger partial charge in [0.2, 0.25) is 5.91 Å². The Balaban J connectivity index is 2.05. The number of carboxylic acids is 1. The Kier molecular flexibility index (Phi) is 5.53. The summed E-state index contributed by atoms with van der Waals surface area (Å²) >= 11 is 1.29. The predicted molar refractivity (Wildman–Crippen MR) is 93.6 cm³/mol. The Morgan fingerprint density at radius 2 is 2.12 bits per heavy atom. The van der Waals surface area contributed by atoms with E-state index in [1.165, 1.54) is 23.3 Å². The molecule has 1 aliphatic rings. The normalized spacial score (nSPS) is 24.2. The molecule has 25 heavy (non-hydrogen) atoms. The second-order valence-electron chi connectivity index (χ2n) is 6.77. The monoisotopic (exact) mass is 368 g/mol. The van der Waals surface area contributed by atoms with Gasteiger partial charge in [-0.1, -0.05) is 19.9 Å². The number of likely N-dealkylation sites (N-methyl/N-ethyl adjacent to an activating group) is 1. The molecule has 1 aromatic rings. The van der Waals surface area contributed by atoms with Crippen LogP contribution in [0, 0.1) is 5.41 Å².